The molecule has 0 unspecified atom stereocenters. The van der Waals surface area contributed by atoms with Gasteiger partial charge >= 0.3 is 0 Å². The first kappa shape index (κ1) is 15.9. The van der Waals surface area contributed by atoms with Crippen LogP contribution in [0.25, 0.3) is 32.8 Å². The van der Waals surface area contributed by atoms with Crippen LogP contribution in [-0.4, -0.2) is 24.6 Å². The van der Waals surface area contributed by atoms with Gasteiger partial charge in [0.15, 0.2) is 0 Å². The van der Waals surface area contributed by atoms with Crippen LogP contribution < -0.4 is 5.32 Å². The summed E-state index contributed by atoms with van der Waals surface area (Å²) >= 11 is 1.17. The van der Waals surface area contributed by atoms with Crippen molar-refractivity contribution in [2.75, 3.05) is 5.32 Å². The summed E-state index contributed by atoms with van der Waals surface area (Å²) in [6.07, 6.45) is 0. The Balaban J connectivity index is 1.58. The van der Waals surface area contributed by atoms with Gasteiger partial charge < -0.3 is 10.3 Å². The summed E-state index contributed by atoms with van der Waals surface area (Å²) in [6.45, 7) is 3.84. The normalized spacial score (nSPS) is 11.5. The fourth-order valence-corrected chi connectivity index (χ4v) is 4.01. The Bertz CT molecular complexity index is 1350. The first-order valence-corrected chi connectivity index (χ1v) is 9.26. The Morgan fingerprint density at radius 3 is 2.81 bits per heavy atom. The highest BCUT2D eigenvalue weighted by Crippen LogP contribution is 2.28. The number of H-pyrrole nitrogens is 1. The monoisotopic (exact) mass is 373 g/mol. The largest absolute Gasteiger partial charge is 0.353 e. The van der Waals surface area contributed by atoms with Crippen molar-refractivity contribution in [2.24, 2.45) is 0 Å². The molecule has 0 saturated carbocycles. The number of fused-ring (bicyclic) bond motifs is 4. The average Bonchev–Trinajstić information content (AvgIpc) is 3.29. The van der Waals surface area contributed by atoms with Gasteiger partial charge in [-0.2, -0.15) is 8.75 Å². The number of anilines is 1. The SMILES string of the molecule is Cc1c(NC(=O)c2cc3c([nH]c4ccccc43)c(C)n2)ccc2nsnc12. The van der Waals surface area contributed by atoms with Crippen LogP contribution in [0.2, 0.25) is 0 Å². The van der Waals surface area contributed by atoms with Gasteiger partial charge in [-0.25, -0.2) is 4.98 Å². The zero-order chi connectivity index (χ0) is 18.5. The van der Waals surface area contributed by atoms with Gasteiger partial charge in [-0.15, -0.1) is 0 Å². The van der Waals surface area contributed by atoms with E-state index < -0.39 is 0 Å². The van der Waals surface area contributed by atoms with E-state index in [1.54, 1.807) is 0 Å². The molecule has 3 aromatic heterocycles. The van der Waals surface area contributed by atoms with Crippen molar-refractivity contribution >= 4 is 56.2 Å². The van der Waals surface area contributed by atoms with Crippen molar-refractivity contribution in [1.29, 1.82) is 0 Å². The second-order valence-electron chi connectivity index (χ2n) is 6.51. The molecule has 27 heavy (non-hydrogen) atoms. The Labute approximate surface area is 158 Å². The predicted octanol–water partition coefficient (Wildman–Crippen LogP) is 4.59. The lowest BCUT2D eigenvalue weighted by Gasteiger charge is -2.09. The number of nitrogens with one attached hydrogen (secondary N) is 2. The second-order valence-corrected chi connectivity index (χ2v) is 7.04. The van der Waals surface area contributed by atoms with E-state index >= 15 is 0 Å². The number of aryl methyl sites for hydroxylation is 2. The first-order chi connectivity index (χ1) is 13.1. The highest BCUT2D eigenvalue weighted by Gasteiger charge is 2.16. The summed E-state index contributed by atoms with van der Waals surface area (Å²) in [5.41, 5.74) is 6.45. The van der Waals surface area contributed by atoms with E-state index in [0.717, 1.165) is 49.8 Å². The Morgan fingerprint density at radius 1 is 1.07 bits per heavy atom. The number of amides is 1. The summed E-state index contributed by atoms with van der Waals surface area (Å²) < 4.78 is 8.53. The zero-order valence-corrected chi connectivity index (χ0v) is 15.5. The molecule has 0 aliphatic carbocycles. The first-order valence-electron chi connectivity index (χ1n) is 8.53. The molecule has 1 amide bonds. The molecule has 0 spiro atoms. The molecule has 132 valence electrons. The number of benzene rings is 2. The molecular formula is C20H15N5OS. The molecular weight excluding hydrogens is 358 g/mol. The molecule has 7 heteroatoms. The number of hydrogen-bond donors (Lipinski definition) is 2. The van der Waals surface area contributed by atoms with Gasteiger partial charge in [0, 0.05) is 27.5 Å². The van der Waals surface area contributed by atoms with Crippen molar-refractivity contribution < 1.29 is 4.79 Å². The van der Waals surface area contributed by atoms with Crippen LogP contribution in [0.1, 0.15) is 21.7 Å². The molecule has 0 aliphatic rings. The van der Waals surface area contributed by atoms with Gasteiger partial charge in [-0.1, -0.05) is 18.2 Å². The highest BCUT2D eigenvalue weighted by atomic mass is 32.1. The standard InChI is InChI=1S/C20H15N5OS/c1-10-14(7-8-16-18(10)25-27-24-16)23-20(26)17-9-13-12-5-3-4-6-15(12)22-19(13)11(2)21-17/h3-9,22H,1-2H3,(H,23,26). The molecule has 6 nitrogen and oxygen atoms in total. The minimum absolute atomic E-state index is 0.240. The number of hydrogen-bond acceptors (Lipinski definition) is 5. The van der Waals surface area contributed by atoms with Crippen molar-refractivity contribution in [3.05, 3.63) is 59.4 Å². The number of pyridine rings is 1. The second kappa shape index (κ2) is 5.85. The third kappa shape index (κ3) is 2.47. The zero-order valence-electron chi connectivity index (χ0n) is 14.7. The van der Waals surface area contributed by atoms with Gasteiger partial charge in [0.05, 0.1) is 22.9 Å². The van der Waals surface area contributed by atoms with Gasteiger partial charge in [0.1, 0.15) is 16.7 Å². The minimum atomic E-state index is -0.240. The average molecular weight is 373 g/mol. The van der Waals surface area contributed by atoms with E-state index in [1.165, 1.54) is 11.7 Å². The minimum Gasteiger partial charge on any atom is -0.353 e. The lowest BCUT2D eigenvalue weighted by atomic mass is 10.1. The smallest absolute Gasteiger partial charge is 0.274 e. The number of para-hydroxylation sites is 1. The molecule has 0 aliphatic heterocycles. The highest BCUT2D eigenvalue weighted by molar-refractivity contribution is 7.00. The molecule has 0 atom stereocenters. The van der Waals surface area contributed by atoms with Crippen molar-refractivity contribution in [3.8, 4) is 0 Å². The van der Waals surface area contributed by atoms with Crippen LogP contribution in [0.15, 0.2) is 42.5 Å². The number of aromatic amines is 1. The summed E-state index contributed by atoms with van der Waals surface area (Å²) in [7, 11) is 0. The fourth-order valence-electron chi connectivity index (χ4n) is 3.42. The number of carbonyl (C=O) groups excluding carboxylic acids is 1. The van der Waals surface area contributed by atoms with E-state index in [0.29, 0.717) is 5.69 Å². The summed E-state index contributed by atoms with van der Waals surface area (Å²) in [4.78, 5) is 20.8. The molecule has 3 heterocycles. The van der Waals surface area contributed by atoms with Crippen LogP contribution in [0, 0.1) is 13.8 Å². The number of aromatic nitrogens is 4. The quantitative estimate of drug-likeness (QED) is 0.474. The van der Waals surface area contributed by atoms with Crippen LogP contribution in [0.3, 0.4) is 0 Å². The molecule has 2 N–H and O–H groups in total. The van der Waals surface area contributed by atoms with E-state index in [1.807, 2.05) is 56.3 Å². The summed E-state index contributed by atoms with van der Waals surface area (Å²) in [5, 5.41) is 5.05. The van der Waals surface area contributed by atoms with Gasteiger partial charge in [0.25, 0.3) is 5.91 Å². The number of rotatable bonds is 2. The van der Waals surface area contributed by atoms with E-state index in [9.17, 15) is 4.79 Å². The van der Waals surface area contributed by atoms with Crippen LogP contribution >= 0.6 is 11.7 Å². The fraction of sp³-hybridized carbons (Fsp3) is 0.100. The molecule has 2 aromatic carbocycles. The molecule has 0 radical (unpaired) electrons. The maximum atomic E-state index is 12.9. The lowest BCUT2D eigenvalue weighted by molar-refractivity contribution is 0.102. The van der Waals surface area contributed by atoms with Crippen LogP contribution in [0.5, 0.6) is 0 Å². The van der Waals surface area contributed by atoms with Gasteiger partial charge in [-0.3, -0.25) is 4.79 Å². The van der Waals surface area contributed by atoms with Crippen molar-refractivity contribution in [3.63, 3.8) is 0 Å². The molecule has 0 saturated heterocycles. The molecule has 5 aromatic rings. The van der Waals surface area contributed by atoms with E-state index in [-0.39, 0.29) is 5.91 Å². The van der Waals surface area contributed by atoms with Crippen molar-refractivity contribution in [2.45, 2.75) is 13.8 Å². The van der Waals surface area contributed by atoms with Gasteiger partial charge in [0.2, 0.25) is 0 Å². The predicted molar refractivity (Wildman–Crippen MR) is 108 cm³/mol. The van der Waals surface area contributed by atoms with E-state index in [2.05, 4.69) is 24.0 Å². The Hall–Kier alpha value is -3.32. The summed E-state index contributed by atoms with van der Waals surface area (Å²) in [6, 6.07) is 13.6. The van der Waals surface area contributed by atoms with Crippen LogP contribution in [-0.2, 0) is 0 Å². The molecule has 0 fully saturated rings. The third-order valence-corrected chi connectivity index (χ3v) is 5.38. The Morgan fingerprint density at radius 2 is 1.93 bits per heavy atom. The third-order valence-electron chi connectivity index (χ3n) is 4.84. The number of nitrogens with zero attached hydrogens (tertiary/aromatic N) is 3. The molecule has 5 rings (SSSR count). The topological polar surface area (TPSA) is 83.6 Å². The lowest BCUT2D eigenvalue weighted by Crippen LogP contribution is -2.15. The molecule has 0 bridgehead atoms. The van der Waals surface area contributed by atoms with Crippen molar-refractivity contribution in [1.82, 2.24) is 18.7 Å². The Kier molecular flexibility index (Phi) is 3.45. The van der Waals surface area contributed by atoms with Crippen LogP contribution in [0.4, 0.5) is 5.69 Å². The van der Waals surface area contributed by atoms with Gasteiger partial charge in [-0.05, 0) is 38.1 Å². The van der Waals surface area contributed by atoms with E-state index in [4.69, 9.17) is 0 Å². The maximum Gasteiger partial charge on any atom is 0.274 e. The number of carbonyl (C=O) groups is 1. The summed E-state index contributed by atoms with van der Waals surface area (Å²) in [5.74, 6) is -0.240. The maximum absolute atomic E-state index is 12.9.